The second-order valence-corrected chi connectivity index (χ2v) is 3.79. The van der Waals surface area contributed by atoms with E-state index in [1.165, 1.54) is 6.42 Å². The molecule has 0 aliphatic rings. The second kappa shape index (κ2) is 5.49. The first-order valence-electron chi connectivity index (χ1n) is 5.37. The van der Waals surface area contributed by atoms with Crippen LogP contribution < -0.4 is 15.8 Å². The summed E-state index contributed by atoms with van der Waals surface area (Å²) in [6, 6.07) is 6.24. The molecule has 15 heavy (non-hydrogen) atoms. The predicted octanol–water partition coefficient (Wildman–Crippen LogP) is 2.88. The van der Waals surface area contributed by atoms with Crippen LogP contribution in [0.1, 0.15) is 26.7 Å². The molecular weight excluding hydrogens is 188 g/mol. The van der Waals surface area contributed by atoms with Gasteiger partial charge in [0.1, 0.15) is 5.75 Å². The van der Waals surface area contributed by atoms with Gasteiger partial charge in [-0.05, 0) is 25.5 Å². The maximum atomic E-state index is 5.74. The molecule has 84 valence electrons. The van der Waals surface area contributed by atoms with E-state index in [2.05, 4.69) is 19.2 Å². The normalized spacial score (nSPS) is 12.2. The van der Waals surface area contributed by atoms with Crippen LogP contribution in [0.5, 0.6) is 5.75 Å². The molecule has 3 nitrogen and oxygen atoms in total. The van der Waals surface area contributed by atoms with Gasteiger partial charge in [-0.15, -0.1) is 0 Å². The standard InChI is InChI=1S/C12H20N2O/c1-4-5-9(2)14-10-6-7-11(13)12(8-10)15-3/h6-9,14H,4-5,13H2,1-3H3. The van der Waals surface area contributed by atoms with E-state index >= 15 is 0 Å². The molecule has 0 spiro atoms. The van der Waals surface area contributed by atoms with E-state index in [9.17, 15) is 0 Å². The van der Waals surface area contributed by atoms with Gasteiger partial charge in [0.15, 0.2) is 0 Å². The molecule has 1 rings (SSSR count). The number of rotatable bonds is 5. The number of methoxy groups -OCH3 is 1. The number of nitrogen functional groups attached to an aromatic ring is 1. The molecule has 1 aromatic carbocycles. The molecule has 0 bridgehead atoms. The van der Waals surface area contributed by atoms with E-state index in [4.69, 9.17) is 10.5 Å². The molecule has 0 saturated heterocycles. The minimum atomic E-state index is 0.475. The summed E-state index contributed by atoms with van der Waals surface area (Å²) in [5, 5.41) is 3.41. The van der Waals surface area contributed by atoms with E-state index in [-0.39, 0.29) is 0 Å². The molecule has 0 saturated carbocycles. The number of hydrogen-bond acceptors (Lipinski definition) is 3. The lowest BCUT2D eigenvalue weighted by atomic mass is 10.2. The summed E-state index contributed by atoms with van der Waals surface area (Å²) in [5.74, 6) is 0.726. The Kier molecular flexibility index (Phi) is 4.28. The molecule has 0 aromatic heterocycles. The predicted molar refractivity (Wildman–Crippen MR) is 65.4 cm³/mol. The largest absolute Gasteiger partial charge is 0.495 e. The number of nitrogens with two attached hydrogens (primary N) is 1. The van der Waals surface area contributed by atoms with Crippen molar-refractivity contribution >= 4 is 11.4 Å². The highest BCUT2D eigenvalue weighted by atomic mass is 16.5. The number of hydrogen-bond donors (Lipinski definition) is 2. The van der Waals surface area contributed by atoms with Gasteiger partial charge in [0.25, 0.3) is 0 Å². The fourth-order valence-corrected chi connectivity index (χ4v) is 1.59. The minimum Gasteiger partial charge on any atom is -0.495 e. The van der Waals surface area contributed by atoms with Crippen LogP contribution in [-0.2, 0) is 0 Å². The summed E-state index contributed by atoms with van der Waals surface area (Å²) < 4.78 is 5.16. The zero-order chi connectivity index (χ0) is 11.3. The van der Waals surface area contributed by atoms with Crippen molar-refractivity contribution in [2.45, 2.75) is 32.7 Å². The van der Waals surface area contributed by atoms with E-state index in [1.54, 1.807) is 7.11 Å². The highest BCUT2D eigenvalue weighted by Crippen LogP contribution is 2.25. The van der Waals surface area contributed by atoms with Crippen molar-refractivity contribution in [1.82, 2.24) is 0 Å². The molecule has 3 heteroatoms. The van der Waals surface area contributed by atoms with Crippen molar-refractivity contribution in [3.05, 3.63) is 18.2 Å². The maximum Gasteiger partial charge on any atom is 0.143 e. The first-order chi connectivity index (χ1) is 7.17. The summed E-state index contributed by atoms with van der Waals surface area (Å²) >= 11 is 0. The zero-order valence-corrected chi connectivity index (χ0v) is 9.71. The highest BCUT2D eigenvalue weighted by molar-refractivity contribution is 5.61. The Morgan fingerprint density at radius 3 is 2.80 bits per heavy atom. The molecule has 1 atom stereocenters. The third-order valence-corrected chi connectivity index (χ3v) is 2.37. The van der Waals surface area contributed by atoms with Crippen molar-refractivity contribution < 1.29 is 4.74 Å². The first-order valence-corrected chi connectivity index (χ1v) is 5.37. The maximum absolute atomic E-state index is 5.74. The van der Waals surface area contributed by atoms with Gasteiger partial charge >= 0.3 is 0 Å². The Morgan fingerprint density at radius 1 is 1.47 bits per heavy atom. The quantitative estimate of drug-likeness (QED) is 0.731. The van der Waals surface area contributed by atoms with Gasteiger partial charge in [-0.3, -0.25) is 0 Å². The monoisotopic (exact) mass is 208 g/mol. The molecule has 0 aliphatic heterocycles. The number of anilines is 2. The van der Waals surface area contributed by atoms with Crippen LogP contribution in [0, 0.1) is 0 Å². The summed E-state index contributed by atoms with van der Waals surface area (Å²) in [6.07, 6.45) is 2.34. The van der Waals surface area contributed by atoms with Crippen molar-refractivity contribution in [3.8, 4) is 5.75 Å². The SMILES string of the molecule is CCCC(C)Nc1ccc(N)c(OC)c1. The molecule has 3 N–H and O–H groups in total. The van der Waals surface area contributed by atoms with Crippen LogP contribution in [0.2, 0.25) is 0 Å². The van der Waals surface area contributed by atoms with Gasteiger partial charge in [-0.1, -0.05) is 13.3 Å². The average Bonchev–Trinajstić information content (AvgIpc) is 2.21. The number of benzene rings is 1. The van der Waals surface area contributed by atoms with Crippen LogP contribution >= 0.6 is 0 Å². The van der Waals surface area contributed by atoms with Crippen LogP contribution in [0.4, 0.5) is 11.4 Å². The van der Waals surface area contributed by atoms with Crippen LogP contribution in [0.15, 0.2) is 18.2 Å². The van der Waals surface area contributed by atoms with E-state index in [1.807, 2.05) is 18.2 Å². The fraction of sp³-hybridized carbons (Fsp3) is 0.500. The lowest BCUT2D eigenvalue weighted by molar-refractivity contribution is 0.417. The van der Waals surface area contributed by atoms with Crippen molar-refractivity contribution in [1.29, 1.82) is 0 Å². The third-order valence-electron chi connectivity index (χ3n) is 2.37. The molecule has 0 aliphatic carbocycles. The van der Waals surface area contributed by atoms with Crippen LogP contribution in [0.3, 0.4) is 0 Å². The lowest BCUT2D eigenvalue weighted by Gasteiger charge is -2.15. The Balaban J connectivity index is 2.69. The summed E-state index contributed by atoms with van der Waals surface area (Å²) in [6.45, 7) is 4.36. The molecule has 1 unspecified atom stereocenters. The molecule has 0 amide bonds. The van der Waals surface area contributed by atoms with Crippen molar-refractivity contribution in [3.63, 3.8) is 0 Å². The van der Waals surface area contributed by atoms with Gasteiger partial charge in [0.2, 0.25) is 0 Å². The fourth-order valence-electron chi connectivity index (χ4n) is 1.59. The van der Waals surface area contributed by atoms with Crippen molar-refractivity contribution in [2.75, 3.05) is 18.2 Å². The van der Waals surface area contributed by atoms with E-state index < -0.39 is 0 Å². The van der Waals surface area contributed by atoms with Crippen molar-refractivity contribution in [2.24, 2.45) is 0 Å². The highest BCUT2D eigenvalue weighted by Gasteiger charge is 2.03. The zero-order valence-electron chi connectivity index (χ0n) is 9.71. The van der Waals surface area contributed by atoms with E-state index in [0.29, 0.717) is 11.7 Å². The average molecular weight is 208 g/mol. The molecule has 0 fully saturated rings. The Labute approximate surface area is 91.6 Å². The molecule has 1 aromatic rings. The third kappa shape index (κ3) is 3.35. The molecular formula is C12H20N2O. The summed E-state index contributed by atoms with van der Waals surface area (Å²) in [7, 11) is 1.63. The summed E-state index contributed by atoms with van der Waals surface area (Å²) in [5.41, 5.74) is 7.47. The number of nitrogens with one attached hydrogen (secondary N) is 1. The topological polar surface area (TPSA) is 47.3 Å². The Bertz CT molecular complexity index is 312. The van der Waals surface area contributed by atoms with Gasteiger partial charge in [0, 0.05) is 17.8 Å². The summed E-state index contributed by atoms with van der Waals surface area (Å²) in [4.78, 5) is 0. The van der Waals surface area contributed by atoms with E-state index in [0.717, 1.165) is 17.9 Å². The first kappa shape index (κ1) is 11.7. The lowest BCUT2D eigenvalue weighted by Crippen LogP contribution is -2.14. The van der Waals surface area contributed by atoms with Gasteiger partial charge in [-0.25, -0.2) is 0 Å². The molecule has 0 radical (unpaired) electrons. The Morgan fingerprint density at radius 2 is 2.20 bits per heavy atom. The van der Waals surface area contributed by atoms with Gasteiger partial charge in [0.05, 0.1) is 12.8 Å². The van der Waals surface area contributed by atoms with Gasteiger partial charge < -0.3 is 15.8 Å². The Hall–Kier alpha value is -1.38. The molecule has 0 heterocycles. The number of ether oxygens (including phenoxy) is 1. The van der Waals surface area contributed by atoms with Crippen LogP contribution in [-0.4, -0.2) is 13.2 Å². The van der Waals surface area contributed by atoms with Gasteiger partial charge in [-0.2, -0.15) is 0 Å². The smallest absolute Gasteiger partial charge is 0.143 e. The minimum absolute atomic E-state index is 0.475. The second-order valence-electron chi connectivity index (χ2n) is 3.79. The van der Waals surface area contributed by atoms with Crippen LogP contribution in [0.25, 0.3) is 0 Å².